The van der Waals surface area contributed by atoms with Gasteiger partial charge in [-0.15, -0.1) is 23.1 Å². The number of hydrogen-bond acceptors (Lipinski definition) is 4. The highest BCUT2D eigenvalue weighted by Gasteiger charge is 2.37. The Kier molecular flexibility index (Phi) is 4.84. The van der Waals surface area contributed by atoms with Gasteiger partial charge in [-0.25, -0.2) is 0 Å². The standard InChI is InChI=1S/C23H22N2O2S2/c1-28-18-6-4-16(5-7-18)19-8-9-20-17-11-15(13-25(20)22(19)26)12-24(14-17)23(27)21-3-2-10-29-21/h2-10,15,17H,11-14H2,1H3/t15-,17-/m1/s1. The van der Waals surface area contributed by atoms with Crippen LogP contribution in [-0.4, -0.2) is 34.7 Å². The number of piperidine rings is 1. The molecule has 0 radical (unpaired) electrons. The normalized spacial score (nSPS) is 20.4. The largest absolute Gasteiger partial charge is 0.337 e. The summed E-state index contributed by atoms with van der Waals surface area (Å²) >= 11 is 3.19. The molecule has 148 valence electrons. The first-order valence-corrected chi connectivity index (χ1v) is 12.0. The quantitative estimate of drug-likeness (QED) is 0.581. The van der Waals surface area contributed by atoms with Crippen molar-refractivity contribution in [2.45, 2.75) is 23.8 Å². The van der Waals surface area contributed by atoms with E-state index in [2.05, 4.69) is 18.2 Å². The summed E-state index contributed by atoms with van der Waals surface area (Å²) in [5.74, 6) is 0.681. The minimum Gasteiger partial charge on any atom is -0.337 e. The molecule has 29 heavy (non-hydrogen) atoms. The second-order valence-corrected chi connectivity index (χ2v) is 9.63. The summed E-state index contributed by atoms with van der Waals surface area (Å²) in [6.45, 7) is 2.11. The molecule has 6 heteroatoms. The number of nitrogens with zero attached hydrogens (tertiary/aromatic N) is 2. The summed E-state index contributed by atoms with van der Waals surface area (Å²) in [6, 6.07) is 16.1. The van der Waals surface area contributed by atoms with Crippen LogP contribution in [0, 0.1) is 5.92 Å². The number of carbonyl (C=O) groups excluding carboxylic acids is 1. The molecule has 2 aliphatic rings. The average Bonchev–Trinajstić information content (AvgIpc) is 3.29. The molecule has 0 unspecified atom stereocenters. The maximum atomic E-state index is 13.3. The van der Waals surface area contributed by atoms with Crippen LogP contribution in [-0.2, 0) is 6.54 Å². The molecule has 0 saturated carbocycles. The van der Waals surface area contributed by atoms with E-state index in [-0.39, 0.29) is 17.4 Å². The van der Waals surface area contributed by atoms with E-state index >= 15 is 0 Å². The Hall–Kier alpha value is -2.31. The number of thiophene rings is 1. The molecule has 2 aliphatic heterocycles. The third-order valence-corrected chi connectivity index (χ3v) is 7.63. The van der Waals surface area contributed by atoms with Gasteiger partial charge in [-0.1, -0.05) is 18.2 Å². The zero-order chi connectivity index (χ0) is 20.0. The van der Waals surface area contributed by atoms with E-state index in [4.69, 9.17) is 0 Å². The fraction of sp³-hybridized carbons (Fsp3) is 0.304. The Morgan fingerprint density at radius 3 is 2.62 bits per heavy atom. The van der Waals surface area contributed by atoms with Crippen molar-refractivity contribution in [3.05, 3.63) is 74.8 Å². The van der Waals surface area contributed by atoms with Gasteiger partial charge in [0.25, 0.3) is 11.5 Å². The number of hydrogen-bond donors (Lipinski definition) is 0. The van der Waals surface area contributed by atoms with E-state index in [1.54, 1.807) is 11.8 Å². The molecule has 2 atom stereocenters. The SMILES string of the molecule is CSc1ccc(-c2ccc3n(c2=O)C[C@@H]2C[C@@H]3CN(C(=O)c3cccs3)C2)cc1. The van der Waals surface area contributed by atoms with Crippen LogP contribution in [0.3, 0.4) is 0 Å². The Morgan fingerprint density at radius 1 is 1.07 bits per heavy atom. The molecule has 0 N–H and O–H groups in total. The van der Waals surface area contributed by atoms with E-state index in [1.165, 1.54) is 16.2 Å². The number of amides is 1. The van der Waals surface area contributed by atoms with Crippen molar-refractivity contribution in [1.82, 2.24) is 9.47 Å². The fourth-order valence-corrected chi connectivity index (χ4v) is 5.76. The number of benzene rings is 1. The summed E-state index contributed by atoms with van der Waals surface area (Å²) in [4.78, 5) is 30.1. The van der Waals surface area contributed by atoms with E-state index < -0.39 is 0 Å². The lowest BCUT2D eigenvalue weighted by atomic mass is 9.82. The molecule has 0 aliphatic carbocycles. The van der Waals surface area contributed by atoms with Gasteiger partial charge in [0.1, 0.15) is 0 Å². The van der Waals surface area contributed by atoms with Crippen molar-refractivity contribution in [3.8, 4) is 11.1 Å². The molecular formula is C23H22N2O2S2. The number of likely N-dealkylation sites (tertiary alicyclic amines) is 1. The van der Waals surface area contributed by atoms with Crippen LogP contribution in [0.2, 0.25) is 0 Å². The van der Waals surface area contributed by atoms with Crippen molar-refractivity contribution < 1.29 is 4.79 Å². The second kappa shape index (κ2) is 7.50. The molecule has 1 fully saturated rings. The van der Waals surface area contributed by atoms with Crippen LogP contribution in [0.15, 0.2) is 63.6 Å². The molecule has 3 aromatic rings. The molecule has 1 saturated heterocycles. The fourth-order valence-electron chi connectivity index (χ4n) is 4.66. The molecular weight excluding hydrogens is 400 g/mol. The number of rotatable bonds is 3. The Bertz CT molecular complexity index is 1100. The topological polar surface area (TPSA) is 42.3 Å². The summed E-state index contributed by atoms with van der Waals surface area (Å²) in [5.41, 5.74) is 2.88. The highest BCUT2D eigenvalue weighted by Crippen LogP contribution is 2.36. The van der Waals surface area contributed by atoms with Gasteiger partial charge in [-0.05, 0) is 59.9 Å². The first kappa shape index (κ1) is 18.7. The van der Waals surface area contributed by atoms with Crippen LogP contribution in [0.4, 0.5) is 0 Å². The number of aromatic nitrogens is 1. The molecule has 2 aromatic heterocycles. The first-order chi connectivity index (χ1) is 14.1. The lowest BCUT2D eigenvalue weighted by Crippen LogP contribution is -2.49. The third kappa shape index (κ3) is 3.34. The van der Waals surface area contributed by atoms with Crippen LogP contribution in [0.25, 0.3) is 11.1 Å². The number of fused-ring (bicyclic) bond motifs is 4. The van der Waals surface area contributed by atoms with Gasteiger partial charge >= 0.3 is 0 Å². The minimum atomic E-state index is 0.0899. The average molecular weight is 423 g/mol. The van der Waals surface area contributed by atoms with Gasteiger partial charge in [-0.2, -0.15) is 0 Å². The summed E-state index contributed by atoms with van der Waals surface area (Å²) in [5, 5.41) is 1.94. The van der Waals surface area contributed by atoms with E-state index in [1.807, 2.05) is 51.4 Å². The van der Waals surface area contributed by atoms with E-state index in [0.717, 1.165) is 34.7 Å². The second-order valence-electron chi connectivity index (χ2n) is 7.80. The Morgan fingerprint density at radius 2 is 1.90 bits per heavy atom. The molecule has 1 amide bonds. The van der Waals surface area contributed by atoms with Crippen molar-refractivity contribution in [3.63, 3.8) is 0 Å². The Labute approximate surface area is 178 Å². The van der Waals surface area contributed by atoms with E-state index in [0.29, 0.717) is 19.0 Å². The van der Waals surface area contributed by atoms with Gasteiger partial charge in [0.05, 0.1) is 4.88 Å². The molecule has 1 aromatic carbocycles. The van der Waals surface area contributed by atoms with Crippen LogP contribution < -0.4 is 5.56 Å². The Balaban J connectivity index is 1.46. The van der Waals surface area contributed by atoms with Gasteiger partial charge in [-0.3, -0.25) is 9.59 Å². The molecule has 0 spiro atoms. The minimum absolute atomic E-state index is 0.0899. The van der Waals surface area contributed by atoms with Crippen molar-refractivity contribution in [2.75, 3.05) is 19.3 Å². The number of thioether (sulfide) groups is 1. The van der Waals surface area contributed by atoms with Gasteiger partial charge in [0.2, 0.25) is 0 Å². The van der Waals surface area contributed by atoms with Crippen molar-refractivity contribution >= 4 is 29.0 Å². The smallest absolute Gasteiger partial charge is 0.263 e. The van der Waals surface area contributed by atoms with Gasteiger partial charge in [0.15, 0.2) is 0 Å². The van der Waals surface area contributed by atoms with Crippen LogP contribution in [0.5, 0.6) is 0 Å². The highest BCUT2D eigenvalue weighted by atomic mass is 32.2. The lowest BCUT2D eigenvalue weighted by Gasteiger charge is -2.42. The zero-order valence-electron chi connectivity index (χ0n) is 16.2. The summed E-state index contributed by atoms with van der Waals surface area (Å²) in [6.07, 6.45) is 3.10. The van der Waals surface area contributed by atoms with Crippen molar-refractivity contribution in [2.24, 2.45) is 5.92 Å². The molecule has 4 heterocycles. The third-order valence-electron chi connectivity index (χ3n) is 6.02. The monoisotopic (exact) mass is 422 g/mol. The predicted octanol–water partition coefficient (Wildman–Crippen LogP) is 4.56. The maximum absolute atomic E-state index is 13.3. The van der Waals surface area contributed by atoms with Crippen molar-refractivity contribution in [1.29, 1.82) is 0 Å². The van der Waals surface area contributed by atoms with Gasteiger partial charge in [0, 0.05) is 41.7 Å². The first-order valence-electron chi connectivity index (χ1n) is 9.85. The van der Waals surface area contributed by atoms with Crippen LogP contribution in [0.1, 0.15) is 27.7 Å². The highest BCUT2D eigenvalue weighted by molar-refractivity contribution is 7.98. The molecule has 2 bridgehead atoms. The van der Waals surface area contributed by atoms with Gasteiger partial charge < -0.3 is 9.47 Å². The molecule has 4 nitrogen and oxygen atoms in total. The summed E-state index contributed by atoms with van der Waals surface area (Å²) in [7, 11) is 0. The summed E-state index contributed by atoms with van der Waals surface area (Å²) < 4.78 is 1.96. The number of carbonyl (C=O) groups is 1. The van der Waals surface area contributed by atoms with E-state index in [9.17, 15) is 9.59 Å². The lowest BCUT2D eigenvalue weighted by molar-refractivity contribution is 0.0599. The number of pyridine rings is 1. The molecule has 5 rings (SSSR count). The maximum Gasteiger partial charge on any atom is 0.263 e. The van der Waals surface area contributed by atoms with Crippen LogP contribution >= 0.6 is 23.1 Å². The zero-order valence-corrected chi connectivity index (χ0v) is 17.8. The predicted molar refractivity (Wildman–Crippen MR) is 119 cm³/mol.